The van der Waals surface area contributed by atoms with Gasteiger partial charge in [-0.05, 0) is 0 Å². The highest BCUT2D eigenvalue weighted by molar-refractivity contribution is 4.87. The van der Waals surface area contributed by atoms with Gasteiger partial charge in [-0.15, -0.1) is 0 Å². The Balaban J connectivity index is 2.45. The van der Waals surface area contributed by atoms with E-state index in [0.29, 0.717) is 0 Å². The van der Waals surface area contributed by atoms with Gasteiger partial charge >= 0.3 is 0 Å². The lowest BCUT2D eigenvalue weighted by atomic mass is 10.2. The zero-order valence-electron chi connectivity index (χ0n) is 6.39. The van der Waals surface area contributed by atoms with Gasteiger partial charge in [0, 0.05) is 13.5 Å². The molecule has 0 aromatic carbocycles. The number of alkyl halides is 2. The van der Waals surface area contributed by atoms with Crippen LogP contribution >= 0.6 is 0 Å². The Kier molecular flexibility index (Phi) is 2.41. The van der Waals surface area contributed by atoms with E-state index < -0.39 is 5.92 Å². The van der Waals surface area contributed by atoms with Gasteiger partial charge in [-0.1, -0.05) is 0 Å². The largest absolute Gasteiger partial charge is 0.383 e. The van der Waals surface area contributed by atoms with Crippen LogP contribution in [0.5, 0.6) is 0 Å². The molecule has 1 rings (SSSR count). The van der Waals surface area contributed by atoms with Crippen molar-refractivity contribution in [3.05, 3.63) is 0 Å². The molecule has 0 saturated carbocycles. The molecular formula is C6H12F2N2O. The van der Waals surface area contributed by atoms with Gasteiger partial charge in [0.2, 0.25) is 0 Å². The highest BCUT2D eigenvalue weighted by atomic mass is 19.3. The zero-order chi connectivity index (χ0) is 8.48. The van der Waals surface area contributed by atoms with Crippen molar-refractivity contribution in [1.82, 2.24) is 5.01 Å². The second-order valence-corrected chi connectivity index (χ2v) is 2.84. The van der Waals surface area contributed by atoms with Gasteiger partial charge in [0.1, 0.15) is 0 Å². The summed E-state index contributed by atoms with van der Waals surface area (Å²) in [6.07, 6.45) is -0.197. The van der Waals surface area contributed by atoms with Crippen LogP contribution in [-0.2, 0) is 4.74 Å². The lowest BCUT2D eigenvalue weighted by molar-refractivity contribution is 0.0116. The van der Waals surface area contributed by atoms with Gasteiger partial charge in [0.15, 0.2) is 0 Å². The average Bonchev–Trinajstić information content (AvgIpc) is 2.07. The topological polar surface area (TPSA) is 38.5 Å². The summed E-state index contributed by atoms with van der Waals surface area (Å²) >= 11 is 0. The minimum atomic E-state index is -2.64. The highest BCUT2D eigenvalue weighted by Gasteiger charge is 2.43. The number of nitrogens with two attached hydrogens (primary N) is 1. The van der Waals surface area contributed by atoms with Gasteiger partial charge in [0.25, 0.3) is 5.92 Å². The van der Waals surface area contributed by atoms with Crippen molar-refractivity contribution in [1.29, 1.82) is 0 Å². The summed E-state index contributed by atoms with van der Waals surface area (Å²) in [5, 5.41) is 1.14. The molecule has 2 N–H and O–H groups in total. The molecule has 66 valence electrons. The van der Waals surface area contributed by atoms with Gasteiger partial charge in [-0.3, -0.25) is 5.84 Å². The second kappa shape index (κ2) is 3.00. The average molecular weight is 166 g/mol. The summed E-state index contributed by atoms with van der Waals surface area (Å²) in [6.45, 7) is -0.0902. The molecule has 1 fully saturated rings. The van der Waals surface area contributed by atoms with Crippen LogP contribution in [0.1, 0.15) is 6.42 Å². The summed E-state index contributed by atoms with van der Waals surface area (Å²) in [7, 11) is 1.48. The fraction of sp³-hybridized carbons (Fsp3) is 1.00. The highest BCUT2D eigenvalue weighted by Crippen LogP contribution is 2.29. The van der Waals surface area contributed by atoms with Crippen molar-refractivity contribution < 1.29 is 13.5 Å². The van der Waals surface area contributed by atoms with Crippen LogP contribution in [0.2, 0.25) is 0 Å². The van der Waals surface area contributed by atoms with Crippen LogP contribution in [0.3, 0.4) is 0 Å². The first kappa shape index (κ1) is 8.83. The standard InChI is InChI=1S/C6H12F2N2O/c1-11-3-5-2-6(7,8)4-10(5)9/h5H,2-4,9H2,1H3/t5-/m0/s1. The van der Waals surface area contributed by atoms with E-state index >= 15 is 0 Å². The van der Waals surface area contributed by atoms with Crippen molar-refractivity contribution in [2.24, 2.45) is 5.84 Å². The number of hydrogen-bond donors (Lipinski definition) is 1. The quantitative estimate of drug-likeness (QED) is 0.596. The molecule has 5 heteroatoms. The number of hydrazine groups is 1. The Labute approximate surface area is 64.1 Å². The third-order valence-corrected chi connectivity index (χ3v) is 1.78. The Hall–Kier alpha value is -0.260. The van der Waals surface area contributed by atoms with Crippen LogP contribution in [0.15, 0.2) is 0 Å². The molecule has 1 heterocycles. The van der Waals surface area contributed by atoms with Crippen LogP contribution in [-0.4, -0.2) is 37.2 Å². The predicted molar refractivity (Wildman–Crippen MR) is 36.1 cm³/mol. The first-order chi connectivity index (χ1) is 5.05. The normalized spacial score (nSPS) is 31.1. The van der Waals surface area contributed by atoms with Gasteiger partial charge in [0.05, 0.1) is 19.2 Å². The molecule has 1 aliphatic heterocycles. The molecule has 3 nitrogen and oxygen atoms in total. The Morgan fingerprint density at radius 2 is 2.36 bits per heavy atom. The van der Waals surface area contributed by atoms with E-state index in [0.717, 1.165) is 5.01 Å². The fourth-order valence-electron chi connectivity index (χ4n) is 1.27. The number of methoxy groups -OCH3 is 1. The molecule has 1 saturated heterocycles. The second-order valence-electron chi connectivity index (χ2n) is 2.84. The summed E-state index contributed by atoms with van der Waals surface area (Å²) < 4.78 is 29.9. The molecule has 0 radical (unpaired) electrons. The van der Waals surface area contributed by atoms with Crippen LogP contribution in [0.4, 0.5) is 8.78 Å². The maximum atomic E-state index is 12.6. The van der Waals surface area contributed by atoms with E-state index in [1.165, 1.54) is 7.11 Å². The monoisotopic (exact) mass is 166 g/mol. The van der Waals surface area contributed by atoms with Crippen LogP contribution in [0, 0.1) is 0 Å². The van der Waals surface area contributed by atoms with Crippen molar-refractivity contribution >= 4 is 0 Å². The third-order valence-electron chi connectivity index (χ3n) is 1.78. The van der Waals surface area contributed by atoms with Crippen LogP contribution < -0.4 is 5.84 Å². The van der Waals surface area contributed by atoms with E-state index in [4.69, 9.17) is 10.6 Å². The van der Waals surface area contributed by atoms with Gasteiger partial charge in [-0.2, -0.15) is 0 Å². The van der Waals surface area contributed by atoms with E-state index in [-0.39, 0.29) is 25.6 Å². The van der Waals surface area contributed by atoms with Gasteiger partial charge in [-0.25, -0.2) is 13.8 Å². The molecule has 0 aromatic rings. The number of ether oxygens (including phenoxy) is 1. The molecule has 1 aliphatic rings. The Bertz CT molecular complexity index is 143. The predicted octanol–water partition coefficient (Wildman–Crippen LogP) is 0.216. The van der Waals surface area contributed by atoms with Crippen molar-refractivity contribution in [3.63, 3.8) is 0 Å². The van der Waals surface area contributed by atoms with E-state index in [9.17, 15) is 8.78 Å². The summed E-state index contributed by atoms with van der Waals surface area (Å²) in [5.74, 6) is 2.67. The van der Waals surface area contributed by atoms with Crippen LogP contribution in [0.25, 0.3) is 0 Å². The fourth-order valence-corrected chi connectivity index (χ4v) is 1.27. The molecule has 0 spiro atoms. The number of nitrogens with zero attached hydrogens (tertiary/aromatic N) is 1. The number of hydrogen-bond acceptors (Lipinski definition) is 3. The molecule has 0 bridgehead atoms. The smallest absolute Gasteiger partial charge is 0.263 e. The van der Waals surface area contributed by atoms with Crippen molar-refractivity contribution in [3.8, 4) is 0 Å². The molecule has 0 aromatic heterocycles. The molecular weight excluding hydrogens is 154 g/mol. The lowest BCUT2D eigenvalue weighted by Gasteiger charge is -2.15. The molecule has 11 heavy (non-hydrogen) atoms. The zero-order valence-corrected chi connectivity index (χ0v) is 6.39. The minimum absolute atomic E-state index is 0.197. The molecule has 0 unspecified atom stereocenters. The van der Waals surface area contributed by atoms with Gasteiger partial charge < -0.3 is 4.74 Å². The van der Waals surface area contributed by atoms with E-state index in [1.54, 1.807) is 0 Å². The van der Waals surface area contributed by atoms with E-state index in [2.05, 4.69) is 0 Å². The SMILES string of the molecule is COC[C@@H]1CC(F)(F)CN1N. The molecule has 1 atom stereocenters. The Morgan fingerprint density at radius 3 is 2.73 bits per heavy atom. The third kappa shape index (κ3) is 2.08. The maximum absolute atomic E-state index is 12.6. The van der Waals surface area contributed by atoms with E-state index in [1.807, 2.05) is 0 Å². The first-order valence-electron chi connectivity index (χ1n) is 3.43. The summed E-state index contributed by atoms with van der Waals surface area (Å²) in [4.78, 5) is 0. The van der Waals surface area contributed by atoms with Crippen molar-refractivity contribution in [2.75, 3.05) is 20.3 Å². The molecule has 0 aliphatic carbocycles. The lowest BCUT2D eigenvalue weighted by Crippen LogP contribution is -2.39. The number of halogens is 2. The maximum Gasteiger partial charge on any atom is 0.263 e. The summed E-state index contributed by atoms with van der Waals surface area (Å²) in [6, 6.07) is -0.338. The summed E-state index contributed by atoms with van der Waals surface area (Å²) in [5.41, 5.74) is 0. The number of rotatable bonds is 2. The van der Waals surface area contributed by atoms with Crippen molar-refractivity contribution in [2.45, 2.75) is 18.4 Å². The first-order valence-corrected chi connectivity index (χ1v) is 3.43. The Morgan fingerprint density at radius 1 is 1.73 bits per heavy atom. The minimum Gasteiger partial charge on any atom is -0.383 e. The molecule has 0 amide bonds.